The van der Waals surface area contributed by atoms with Crippen LogP contribution in [0.2, 0.25) is 0 Å². The first-order chi connectivity index (χ1) is 4.24. The molecule has 1 rings (SSSR count). The number of hydrogen-bond acceptors (Lipinski definition) is 3. The van der Waals surface area contributed by atoms with Crippen molar-refractivity contribution in [2.45, 2.75) is 25.4 Å². The second-order valence-electron chi connectivity index (χ2n) is 2.31. The summed E-state index contributed by atoms with van der Waals surface area (Å²) in [6, 6.07) is 0.278. The Bertz CT molecular complexity index is 135. The van der Waals surface area contributed by atoms with E-state index in [9.17, 15) is 0 Å². The van der Waals surface area contributed by atoms with Crippen LogP contribution in [-0.2, 0) is 0 Å². The first kappa shape index (κ1) is 10.5. The third-order valence-electron chi connectivity index (χ3n) is 1.54. The minimum atomic E-state index is 0. The van der Waals surface area contributed by atoms with Gasteiger partial charge < -0.3 is 22.9 Å². The van der Waals surface area contributed by atoms with Gasteiger partial charge in [0.05, 0.1) is 5.84 Å². The molecule has 2 unspecified atom stereocenters. The molecule has 0 aromatic carbocycles. The molecule has 0 aliphatic carbocycles. The van der Waals surface area contributed by atoms with Gasteiger partial charge in [0.2, 0.25) is 0 Å². The standard InChI is InChI=1S/C6H12N3.U/c1-2-5-4(7)3-6(8)9-5;/h2,4-5H,3,7H2,1H3,(H2,8,9);/q-1;. The van der Waals surface area contributed by atoms with Crippen molar-refractivity contribution < 1.29 is 31.1 Å². The van der Waals surface area contributed by atoms with E-state index >= 15 is 0 Å². The number of amidine groups is 1. The van der Waals surface area contributed by atoms with E-state index in [2.05, 4.69) is 4.99 Å². The van der Waals surface area contributed by atoms with Gasteiger partial charge in [0.15, 0.2) is 0 Å². The van der Waals surface area contributed by atoms with E-state index in [1.807, 2.05) is 13.3 Å². The molecule has 4 heteroatoms. The Labute approximate surface area is 85.0 Å². The molecule has 1 heterocycles. The van der Waals surface area contributed by atoms with Crippen molar-refractivity contribution in [3.05, 3.63) is 6.42 Å². The zero-order valence-corrected chi connectivity index (χ0v) is 10.2. The quantitative estimate of drug-likeness (QED) is 0.626. The van der Waals surface area contributed by atoms with E-state index in [1.165, 1.54) is 0 Å². The molecule has 1 aliphatic heterocycles. The van der Waals surface area contributed by atoms with Gasteiger partial charge >= 0.3 is 0 Å². The molecule has 0 amide bonds. The SMILES string of the molecule is C[CH-]C1N=C(N)CC1N.[U]. The van der Waals surface area contributed by atoms with Crippen LogP contribution in [0, 0.1) is 37.5 Å². The summed E-state index contributed by atoms with van der Waals surface area (Å²) in [4.78, 5) is 4.10. The second-order valence-corrected chi connectivity index (χ2v) is 2.31. The van der Waals surface area contributed by atoms with Crippen LogP contribution in [0.4, 0.5) is 0 Å². The Morgan fingerprint density at radius 1 is 1.70 bits per heavy atom. The van der Waals surface area contributed by atoms with E-state index in [-0.39, 0.29) is 43.2 Å². The molecule has 0 spiro atoms. The Morgan fingerprint density at radius 2 is 2.30 bits per heavy atom. The van der Waals surface area contributed by atoms with Gasteiger partial charge in [-0.25, -0.2) is 0 Å². The fourth-order valence-corrected chi connectivity index (χ4v) is 1.02. The molecule has 0 fully saturated rings. The molecule has 4 N–H and O–H groups in total. The van der Waals surface area contributed by atoms with E-state index in [0.717, 1.165) is 6.42 Å². The van der Waals surface area contributed by atoms with Gasteiger partial charge in [-0.05, 0) is 0 Å². The third kappa shape index (κ3) is 2.26. The number of nitrogens with zero attached hydrogens (tertiary/aromatic N) is 1. The summed E-state index contributed by atoms with van der Waals surface area (Å²) in [5.41, 5.74) is 11.1. The van der Waals surface area contributed by atoms with E-state index in [0.29, 0.717) is 5.84 Å². The molecule has 56 valence electrons. The molecule has 0 aromatic heterocycles. The summed E-state index contributed by atoms with van der Waals surface area (Å²) in [6.45, 7) is 1.95. The number of aliphatic imine (C=N–C) groups is 1. The number of hydrogen-bond donors (Lipinski definition) is 2. The van der Waals surface area contributed by atoms with Crippen molar-refractivity contribution in [1.29, 1.82) is 0 Å². The maximum Gasteiger partial charge on any atom is 0.0925 e. The second kappa shape index (κ2) is 4.38. The average Bonchev–Trinajstić information content (AvgIpc) is 2.10. The van der Waals surface area contributed by atoms with Crippen molar-refractivity contribution in [3.8, 4) is 0 Å². The summed E-state index contributed by atoms with van der Waals surface area (Å²) in [6.07, 6.45) is 2.72. The molecule has 1 aliphatic rings. The van der Waals surface area contributed by atoms with Crippen LogP contribution in [-0.4, -0.2) is 17.9 Å². The Balaban J connectivity index is 0.000000810. The number of nitrogens with two attached hydrogens (primary N) is 2. The summed E-state index contributed by atoms with van der Waals surface area (Å²) in [5, 5.41) is 0. The van der Waals surface area contributed by atoms with Crippen LogP contribution < -0.4 is 11.5 Å². The zero-order chi connectivity index (χ0) is 6.85. The first-order valence-electron chi connectivity index (χ1n) is 3.11. The van der Waals surface area contributed by atoms with Crippen molar-refractivity contribution >= 4 is 5.84 Å². The van der Waals surface area contributed by atoms with Gasteiger partial charge in [-0.3, -0.25) is 0 Å². The van der Waals surface area contributed by atoms with Crippen molar-refractivity contribution in [3.63, 3.8) is 0 Å². The average molecular weight is 364 g/mol. The summed E-state index contributed by atoms with van der Waals surface area (Å²) in [5.74, 6) is 0.686. The monoisotopic (exact) mass is 364 g/mol. The molecule has 3 nitrogen and oxygen atoms in total. The van der Waals surface area contributed by atoms with Gasteiger partial charge in [-0.15, -0.1) is 0 Å². The third-order valence-corrected chi connectivity index (χ3v) is 1.54. The minimum Gasteiger partial charge on any atom is -0.388 e. The molecular formula is C6H12N3U-. The van der Waals surface area contributed by atoms with E-state index in [1.54, 1.807) is 0 Å². The summed E-state index contributed by atoms with van der Waals surface area (Å²) in [7, 11) is 0. The minimum absolute atomic E-state index is 0. The molecule has 10 heavy (non-hydrogen) atoms. The molecule has 0 saturated carbocycles. The maximum absolute atomic E-state index is 5.65. The van der Waals surface area contributed by atoms with Crippen LogP contribution >= 0.6 is 0 Å². The van der Waals surface area contributed by atoms with Crippen LogP contribution in [0.25, 0.3) is 0 Å². The predicted octanol–water partition coefficient (Wildman–Crippen LogP) is -0.333. The molecule has 0 bridgehead atoms. The predicted molar refractivity (Wildman–Crippen MR) is 38.0 cm³/mol. The van der Waals surface area contributed by atoms with Gasteiger partial charge in [-0.2, -0.15) is 6.92 Å². The molecule has 2 atom stereocenters. The number of rotatable bonds is 1. The zero-order valence-electron chi connectivity index (χ0n) is 6.04. The normalized spacial score (nSPS) is 31.2. The van der Waals surface area contributed by atoms with Gasteiger partial charge in [-0.1, -0.05) is 6.04 Å². The Kier molecular flexibility index (Phi) is 4.59. The summed E-state index contributed by atoms with van der Waals surface area (Å²) >= 11 is 0. The van der Waals surface area contributed by atoms with Crippen molar-refractivity contribution in [1.82, 2.24) is 0 Å². The van der Waals surface area contributed by atoms with E-state index < -0.39 is 0 Å². The topological polar surface area (TPSA) is 64.4 Å². The summed E-state index contributed by atoms with van der Waals surface area (Å²) < 4.78 is 0. The van der Waals surface area contributed by atoms with Crippen molar-refractivity contribution in [2.75, 3.05) is 0 Å². The van der Waals surface area contributed by atoms with Crippen molar-refractivity contribution in [2.24, 2.45) is 16.5 Å². The van der Waals surface area contributed by atoms with Crippen LogP contribution in [0.15, 0.2) is 4.99 Å². The fraction of sp³-hybridized carbons (Fsp3) is 0.667. The Hall–Kier alpha value is 0.482. The largest absolute Gasteiger partial charge is 0.388 e. The van der Waals surface area contributed by atoms with Crippen LogP contribution in [0.1, 0.15) is 13.3 Å². The van der Waals surface area contributed by atoms with Gasteiger partial charge in [0, 0.05) is 43.6 Å². The first-order valence-corrected chi connectivity index (χ1v) is 3.11. The Morgan fingerprint density at radius 3 is 2.50 bits per heavy atom. The van der Waals surface area contributed by atoms with Crippen LogP contribution in [0.5, 0.6) is 0 Å². The molecule has 0 radical (unpaired) electrons. The maximum atomic E-state index is 5.65. The molecule has 0 aromatic rings. The van der Waals surface area contributed by atoms with Gasteiger partial charge in [0.25, 0.3) is 0 Å². The molecule has 0 saturated heterocycles. The van der Waals surface area contributed by atoms with Crippen LogP contribution in [0.3, 0.4) is 0 Å². The fourth-order valence-electron chi connectivity index (χ4n) is 1.02. The van der Waals surface area contributed by atoms with E-state index in [4.69, 9.17) is 11.5 Å². The van der Waals surface area contributed by atoms with Gasteiger partial charge in [0.1, 0.15) is 0 Å². The smallest absolute Gasteiger partial charge is 0.0925 e. The molecular weight excluding hydrogens is 352 g/mol.